The van der Waals surface area contributed by atoms with E-state index in [-0.39, 0.29) is 17.6 Å². The van der Waals surface area contributed by atoms with E-state index in [1.807, 2.05) is 56.5 Å². The van der Waals surface area contributed by atoms with Crippen molar-refractivity contribution >= 4 is 45.8 Å². The predicted molar refractivity (Wildman–Crippen MR) is 124 cm³/mol. The molecule has 8 heteroatoms. The zero-order valence-electron chi connectivity index (χ0n) is 17.4. The highest BCUT2D eigenvalue weighted by molar-refractivity contribution is 8.14. The smallest absolute Gasteiger partial charge is 0.338 e. The predicted octanol–water partition coefficient (Wildman–Crippen LogP) is 4.57. The minimum Gasteiger partial charge on any atom is -0.463 e. The maximum Gasteiger partial charge on any atom is 0.338 e. The van der Waals surface area contributed by atoms with Gasteiger partial charge < -0.3 is 15.4 Å². The van der Waals surface area contributed by atoms with Crippen LogP contribution >= 0.6 is 23.1 Å². The van der Waals surface area contributed by atoms with Crippen LogP contribution in [0.3, 0.4) is 0 Å². The second-order valence-electron chi connectivity index (χ2n) is 6.87. The number of carbonyl (C=O) groups excluding carboxylic acids is 2. The molecule has 0 unspecified atom stereocenters. The topological polar surface area (TPSA) is 79.8 Å². The lowest BCUT2D eigenvalue weighted by Crippen LogP contribution is -2.31. The van der Waals surface area contributed by atoms with Crippen molar-refractivity contribution in [3.8, 4) is 0 Å². The fourth-order valence-corrected chi connectivity index (χ4v) is 4.51. The molecule has 3 rings (SSSR count). The molecule has 0 bridgehead atoms. The number of carbonyl (C=O) groups is 2. The number of amidine groups is 1. The molecule has 0 aliphatic carbocycles. The lowest BCUT2D eigenvalue weighted by atomic mass is 10.0. The summed E-state index contributed by atoms with van der Waals surface area (Å²) in [6.45, 7) is 7.96. The van der Waals surface area contributed by atoms with Crippen LogP contribution in [0, 0.1) is 13.8 Å². The van der Waals surface area contributed by atoms with E-state index in [2.05, 4.69) is 10.6 Å². The van der Waals surface area contributed by atoms with Crippen LogP contribution in [0.4, 0.5) is 5.69 Å². The Balaban J connectivity index is 1.70. The minimum absolute atomic E-state index is 0.113. The average Bonchev–Trinajstić information content (AvgIpc) is 3.23. The van der Waals surface area contributed by atoms with Crippen LogP contribution in [0.2, 0.25) is 0 Å². The Morgan fingerprint density at radius 2 is 2.03 bits per heavy atom. The summed E-state index contributed by atoms with van der Waals surface area (Å²) in [6.07, 6.45) is 0. The van der Waals surface area contributed by atoms with Crippen molar-refractivity contribution in [2.75, 3.05) is 17.7 Å². The average molecular weight is 444 g/mol. The summed E-state index contributed by atoms with van der Waals surface area (Å²) in [7, 11) is 0. The number of esters is 1. The number of allylic oxidation sites excluding steroid dienone is 1. The van der Waals surface area contributed by atoms with E-state index in [1.54, 1.807) is 6.92 Å². The van der Waals surface area contributed by atoms with Gasteiger partial charge in [0.05, 0.1) is 17.9 Å². The first-order valence-electron chi connectivity index (χ1n) is 9.65. The summed E-state index contributed by atoms with van der Waals surface area (Å²) in [5.41, 5.74) is 4.29. The number of benzene rings is 1. The summed E-state index contributed by atoms with van der Waals surface area (Å²) in [6, 6.07) is 9.29. The van der Waals surface area contributed by atoms with Gasteiger partial charge >= 0.3 is 5.97 Å². The Bertz CT molecular complexity index is 997. The lowest BCUT2D eigenvalue weighted by Gasteiger charge is -2.24. The Morgan fingerprint density at radius 3 is 2.70 bits per heavy atom. The molecule has 1 aliphatic rings. The highest BCUT2D eigenvalue weighted by Crippen LogP contribution is 2.35. The molecule has 30 heavy (non-hydrogen) atoms. The van der Waals surface area contributed by atoms with Crippen molar-refractivity contribution in [1.29, 1.82) is 0 Å². The van der Waals surface area contributed by atoms with Crippen molar-refractivity contribution in [2.45, 2.75) is 33.7 Å². The summed E-state index contributed by atoms with van der Waals surface area (Å²) in [4.78, 5) is 30.5. The van der Waals surface area contributed by atoms with Crippen molar-refractivity contribution in [2.24, 2.45) is 4.99 Å². The second-order valence-corrected chi connectivity index (χ2v) is 8.82. The van der Waals surface area contributed by atoms with Gasteiger partial charge in [0.15, 0.2) is 5.17 Å². The number of nitrogens with one attached hydrogen (secondary N) is 2. The normalized spacial score (nSPS) is 16.0. The number of nitrogens with zero attached hydrogens (tertiary/aromatic N) is 1. The zero-order valence-corrected chi connectivity index (χ0v) is 19.1. The van der Waals surface area contributed by atoms with Gasteiger partial charge in [-0.1, -0.05) is 23.9 Å². The zero-order chi connectivity index (χ0) is 21.7. The van der Waals surface area contributed by atoms with Gasteiger partial charge in [-0.15, -0.1) is 11.3 Å². The van der Waals surface area contributed by atoms with Gasteiger partial charge in [0, 0.05) is 16.3 Å². The van der Waals surface area contributed by atoms with Gasteiger partial charge in [-0.05, 0) is 62.4 Å². The first-order chi connectivity index (χ1) is 14.4. The highest BCUT2D eigenvalue weighted by Gasteiger charge is 2.31. The molecule has 2 N–H and O–H groups in total. The Morgan fingerprint density at radius 1 is 1.23 bits per heavy atom. The Kier molecular flexibility index (Phi) is 7.33. The van der Waals surface area contributed by atoms with Crippen molar-refractivity contribution in [1.82, 2.24) is 5.32 Å². The molecule has 6 nitrogen and oxygen atoms in total. The van der Waals surface area contributed by atoms with E-state index in [9.17, 15) is 9.59 Å². The molecule has 0 spiro atoms. The number of amides is 1. The van der Waals surface area contributed by atoms with Crippen LogP contribution < -0.4 is 10.6 Å². The molecular formula is C22H25N3O3S2. The Hall–Kier alpha value is -2.58. The van der Waals surface area contributed by atoms with Crippen LogP contribution in [0.25, 0.3) is 0 Å². The minimum atomic E-state index is -0.435. The van der Waals surface area contributed by atoms with Crippen LogP contribution in [-0.2, 0) is 14.3 Å². The van der Waals surface area contributed by atoms with Crippen LogP contribution in [0.15, 0.2) is 52.0 Å². The molecule has 0 fully saturated rings. The molecule has 1 amide bonds. The largest absolute Gasteiger partial charge is 0.463 e. The summed E-state index contributed by atoms with van der Waals surface area (Å²) in [5, 5.41) is 8.63. The number of rotatable bonds is 6. The van der Waals surface area contributed by atoms with Gasteiger partial charge in [0.2, 0.25) is 5.91 Å². The molecule has 2 heterocycles. The van der Waals surface area contributed by atoms with Crippen LogP contribution in [-0.4, -0.2) is 29.4 Å². The summed E-state index contributed by atoms with van der Waals surface area (Å²) in [5.74, 6) is -0.280. The van der Waals surface area contributed by atoms with Crippen molar-refractivity contribution in [3.63, 3.8) is 0 Å². The lowest BCUT2D eigenvalue weighted by molar-refractivity contribution is -0.139. The van der Waals surface area contributed by atoms with Crippen molar-refractivity contribution < 1.29 is 14.3 Å². The molecule has 0 radical (unpaired) electrons. The van der Waals surface area contributed by atoms with E-state index in [0.717, 1.165) is 16.1 Å². The van der Waals surface area contributed by atoms with E-state index in [1.165, 1.54) is 28.7 Å². The Labute approximate surface area is 184 Å². The number of thiophene rings is 1. The van der Waals surface area contributed by atoms with E-state index in [4.69, 9.17) is 9.73 Å². The van der Waals surface area contributed by atoms with Crippen LogP contribution in [0.5, 0.6) is 0 Å². The fraction of sp³-hybridized carbons (Fsp3) is 0.318. The molecule has 0 saturated heterocycles. The standard InChI is InChI=1S/C22H25N3O3S2/c1-5-28-21(27)19-15(4)23-22(25-20(19)17-7-6-10-29-17)30-12-18(26)24-16-9-8-13(2)14(3)11-16/h6-11,20H,5,12H2,1-4H3,(H,23,25)(H,24,26)/t20-/m1/s1. The number of aryl methyl sites for hydroxylation is 2. The summed E-state index contributed by atoms with van der Waals surface area (Å²) < 4.78 is 5.23. The van der Waals surface area contributed by atoms with Crippen molar-refractivity contribution in [3.05, 3.63) is 63.0 Å². The maximum atomic E-state index is 12.5. The first kappa shape index (κ1) is 22.1. The molecule has 1 atom stereocenters. The third kappa shape index (κ3) is 5.31. The molecule has 1 aromatic carbocycles. The van der Waals surface area contributed by atoms with Crippen LogP contribution in [0.1, 0.15) is 35.9 Å². The quantitative estimate of drug-likeness (QED) is 0.639. The van der Waals surface area contributed by atoms with Gasteiger partial charge in [-0.2, -0.15) is 0 Å². The third-order valence-corrected chi connectivity index (χ3v) is 6.47. The monoisotopic (exact) mass is 443 g/mol. The van der Waals surface area contributed by atoms with Gasteiger partial charge in [-0.3, -0.25) is 4.79 Å². The first-order valence-corrected chi connectivity index (χ1v) is 11.5. The number of hydrogen-bond donors (Lipinski definition) is 2. The number of thioether (sulfide) groups is 1. The van der Waals surface area contributed by atoms with Gasteiger partial charge in [-0.25, -0.2) is 9.79 Å². The second kappa shape index (κ2) is 9.95. The molecular weight excluding hydrogens is 418 g/mol. The number of ether oxygens (including phenoxy) is 1. The van der Waals surface area contributed by atoms with E-state index >= 15 is 0 Å². The number of anilines is 1. The third-order valence-electron chi connectivity index (χ3n) is 4.66. The van der Waals surface area contributed by atoms with E-state index < -0.39 is 6.04 Å². The molecule has 158 valence electrons. The van der Waals surface area contributed by atoms with Gasteiger partial charge in [0.1, 0.15) is 6.04 Å². The van der Waals surface area contributed by atoms with E-state index in [0.29, 0.717) is 23.0 Å². The number of aliphatic imine (C=N–C) groups is 1. The number of hydrogen-bond acceptors (Lipinski definition) is 7. The fourth-order valence-electron chi connectivity index (χ4n) is 3.00. The molecule has 1 aliphatic heterocycles. The highest BCUT2D eigenvalue weighted by atomic mass is 32.2. The molecule has 0 saturated carbocycles. The maximum absolute atomic E-state index is 12.5. The van der Waals surface area contributed by atoms with Gasteiger partial charge in [0.25, 0.3) is 0 Å². The molecule has 2 aromatic rings. The summed E-state index contributed by atoms with van der Waals surface area (Å²) >= 11 is 2.85. The SMILES string of the molecule is CCOC(=O)C1=C(C)NC(SCC(=O)Nc2ccc(C)c(C)c2)=N[C@@H]1c1cccs1. The molecule has 1 aromatic heterocycles.